The van der Waals surface area contributed by atoms with Gasteiger partial charge < -0.3 is 14.4 Å². The number of methoxy groups -OCH3 is 2. The smallest absolute Gasteiger partial charge is 0.232 e. The van der Waals surface area contributed by atoms with Gasteiger partial charge in [0.25, 0.3) is 0 Å². The van der Waals surface area contributed by atoms with Crippen molar-refractivity contribution < 1.29 is 9.47 Å². The molecule has 0 bridgehead atoms. The highest BCUT2D eigenvalue weighted by molar-refractivity contribution is 9.10. The van der Waals surface area contributed by atoms with Crippen LogP contribution in [0.3, 0.4) is 0 Å². The summed E-state index contributed by atoms with van der Waals surface area (Å²) in [6.45, 7) is 3.99. The van der Waals surface area contributed by atoms with Crippen molar-refractivity contribution in [1.29, 1.82) is 0 Å². The van der Waals surface area contributed by atoms with Gasteiger partial charge in [-0.25, -0.2) is 4.98 Å². The van der Waals surface area contributed by atoms with E-state index in [0.717, 1.165) is 24.0 Å². The quantitative estimate of drug-likeness (QED) is 0.855. The molecule has 2 unspecified atom stereocenters. The minimum Gasteiger partial charge on any atom is -0.480 e. The Hall–Kier alpha value is -0.880. The van der Waals surface area contributed by atoms with Crippen molar-refractivity contribution in [3.05, 3.63) is 10.7 Å². The van der Waals surface area contributed by atoms with Crippen molar-refractivity contribution in [1.82, 2.24) is 9.97 Å². The molecule has 0 N–H and O–H groups in total. The fourth-order valence-electron chi connectivity index (χ4n) is 2.16. The zero-order valence-electron chi connectivity index (χ0n) is 10.9. The van der Waals surface area contributed by atoms with Gasteiger partial charge in [-0.15, -0.1) is 0 Å². The molecular weight excluding hydrogens is 298 g/mol. The topological polar surface area (TPSA) is 47.5 Å². The largest absolute Gasteiger partial charge is 0.480 e. The molecule has 2 heterocycles. The van der Waals surface area contributed by atoms with E-state index < -0.39 is 0 Å². The Bertz CT molecular complexity index is 416. The van der Waals surface area contributed by atoms with Gasteiger partial charge in [-0.05, 0) is 28.3 Å². The lowest BCUT2D eigenvalue weighted by molar-refractivity contribution is 0.0494. The van der Waals surface area contributed by atoms with Crippen LogP contribution >= 0.6 is 15.9 Å². The minimum atomic E-state index is 0.233. The summed E-state index contributed by atoms with van der Waals surface area (Å²) in [6.07, 6.45) is 3.04. The molecule has 0 spiro atoms. The van der Waals surface area contributed by atoms with Crippen LogP contribution in [0.4, 0.5) is 5.95 Å². The van der Waals surface area contributed by atoms with Gasteiger partial charge in [0, 0.05) is 20.2 Å². The Morgan fingerprint density at radius 3 is 2.89 bits per heavy atom. The number of ether oxygens (including phenoxy) is 2. The Morgan fingerprint density at radius 1 is 1.44 bits per heavy atom. The predicted molar refractivity (Wildman–Crippen MR) is 73.1 cm³/mol. The summed E-state index contributed by atoms with van der Waals surface area (Å²) < 4.78 is 11.5. The molecule has 0 aromatic carbocycles. The fourth-order valence-corrected chi connectivity index (χ4v) is 2.51. The number of rotatable bonds is 3. The van der Waals surface area contributed by atoms with Crippen molar-refractivity contribution in [3.63, 3.8) is 0 Å². The van der Waals surface area contributed by atoms with Crippen LogP contribution < -0.4 is 9.64 Å². The van der Waals surface area contributed by atoms with Gasteiger partial charge in [0.1, 0.15) is 0 Å². The maximum absolute atomic E-state index is 5.50. The standard InChI is InChI=1S/C12H18BrN3O2/c1-8-4-5-16(7-10(8)17-2)12-14-6-9(13)11(15-12)18-3/h6,8,10H,4-5,7H2,1-3H3. The molecule has 1 saturated heterocycles. The first-order valence-corrected chi connectivity index (χ1v) is 6.79. The molecule has 0 amide bonds. The van der Waals surface area contributed by atoms with Gasteiger partial charge in [0.2, 0.25) is 11.8 Å². The van der Waals surface area contributed by atoms with E-state index in [4.69, 9.17) is 9.47 Å². The number of anilines is 1. The summed E-state index contributed by atoms with van der Waals surface area (Å²) in [6, 6.07) is 0. The lowest BCUT2D eigenvalue weighted by Crippen LogP contribution is -2.44. The number of piperidine rings is 1. The monoisotopic (exact) mass is 315 g/mol. The highest BCUT2D eigenvalue weighted by atomic mass is 79.9. The second kappa shape index (κ2) is 5.84. The molecule has 5 nitrogen and oxygen atoms in total. The molecule has 6 heteroatoms. The van der Waals surface area contributed by atoms with Crippen molar-refractivity contribution in [2.24, 2.45) is 5.92 Å². The Kier molecular flexibility index (Phi) is 4.40. The molecular formula is C12H18BrN3O2. The molecule has 18 heavy (non-hydrogen) atoms. The molecule has 1 aromatic rings. The van der Waals surface area contributed by atoms with Gasteiger partial charge in [-0.3, -0.25) is 0 Å². The number of aromatic nitrogens is 2. The first-order valence-electron chi connectivity index (χ1n) is 6.00. The van der Waals surface area contributed by atoms with Crippen LogP contribution in [0.25, 0.3) is 0 Å². The van der Waals surface area contributed by atoms with Crippen LogP contribution in [-0.2, 0) is 4.74 Å². The van der Waals surface area contributed by atoms with E-state index in [1.165, 1.54) is 0 Å². The highest BCUT2D eigenvalue weighted by Gasteiger charge is 2.27. The first-order chi connectivity index (χ1) is 8.65. The third-order valence-electron chi connectivity index (χ3n) is 3.37. The van der Waals surface area contributed by atoms with Crippen LogP contribution in [-0.4, -0.2) is 43.4 Å². The molecule has 1 aromatic heterocycles. The van der Waals surface area contributed by atoms with E-state index in [1.54, 1.807) is 20.4 Å². The van der Waals surface area contributed by atoms with E-state index >= 15 is 0 Å². The Morgan fingerprint density at radius 2 is 2.22 bits per heavy atom. The third-order valence-corrected chi connectivity index (χ3v) is 3.91. The van der Waals surface area contributed by atoms with Gasteiger partial charge in [0.05, 0.1) is 23.9 Å². The van der Waals surface area contributed by atoms with Crippen LogP contribution in [0.15, 0.2) is 10.7 Å². The molecule has 0 saturated carbocycles. The summed E-state index contributed by atoms with van der Waals surface area (Å²) in [4.78, 5) is 10.9. The molecule has 0 aliphatic carbocycles. The van der Waals surface area contributed by atoms with E-state index in [1.807, 2.05) is 0 Å². The van der Waals surface area contributed by atoms with Gasteiger partial charge in [-0.2, -0.15) is 4.98 Å². The van der Waals surface area contributed by atoms with Crippen molar-refractivity contribution >= 4 is 21.9 Å². The second-order valence-corrected chi connectivity index (χ2v) is 5.37. The summed E-state index contributed by atoms with van der Waals surface area (Å²) in [5.41, 5.74) is 0. The van der Waals surface area contributed by atoms with Crippen LogP contribution in [0, 0.1) is 5.92 Å². The molecule has 0 radical (unpaired) electrons. The number of hydrogen-bond acceptors (Lipinski definition) is 5. The predicted octanol–water partition coefficient (Wildman–Crippen LogP) is 2.11. The zero-order valence-corrected chi connectivity index (χ0v) is 12.5. The first kappa shape index (κ1) is 13.5. The summed E-state index contributed by atoms with van der Waals surface area (Å²) in [5.74, 6) is 1.83. The Balaban J connectivity index is 2.16. The maximum atomic E-state index is 5.50. The van der Waals surface area contributed by atoms with Crippen LogP contribution in [0.5, 0.6) is 5.88 Å². The van der Waals surface area contributed by atoms with E-state index in [0.29, 0.717) is 17.7 Å². The average Bonchev–Trinajstić information content (AvgIpc) is 2.40. The minimum absolute atomic E-state index is 0.233. The molecule has 2 atom stereocenters. The molecule has 1 fully saturated rings. The van der Waals surface area contributed by atoms with E-state index in [2.05, 4.69) is 37.7 Å². The highest BCUT2D eigenvalue weighted by Crippen LogP contribution is 2.26. The zero-order chi connectivity index (χ0) is 13.1. The molecule has 1 aliphatic heterocycles. The lowest BCUT2D eigenvalue weighted by Gasteiger charge is -2.36. The lowest BCUT2D eigenvalue weighted by atomic mass is 9.96. The van der Waals surface area contributed by atoms with Crippen LogP contribution in [0.2, 0.25) is 0 Å². The number of hydrogen-bond donors (Lipinski definition) is 0. The van der Waals surface area contributed by atoms with Crippen molar-refractivity contribution in [2.75, 3.05) is 32.2 Å². The van der Waals surface area contributed by atoms with Gasteiger partial charge in [-0.1, -0.05) is 6.92 Å². The summed E-state index contributed by atoms with van der Waals surface area (Å²) in [5, 5.41) is 0. The Labute approximate surface area is 116 Å². The summed E-state index contributed by atoms with van der Waals surface area (Å²) >= 11 is 3.36. The van der Waals surface area contributed by atoms with E-state index in [-0.39, 0.29) is 6.10 Å². The van der Waals surface area contributed by atoms with Gasteiger partial charge in [0.15, 0.2) is 0 Å². The number of nitrogens with zero attached hydrogens (tertiary/aromatic N) is 3. The third kappa shape index (κ3) is 2.75. The fraction of sp³-hybridized carbons (Fsp3) is 0.667. The molecule has 100 valence electrons. The van der Waals surface area contributed by atoms with Crippen molar-refractivity contribution in [3.8, 4) is 5.88 Å². The summed E-state index contributed by atoms with van der Waals surface area (Å²) in [7, 11) is 3.36. The molecule has 1 aliphatic rings. The molecule has 2 rings (SSSR count). The second-order valence-electron chi connectivity index (χ2n) is 4.51. The van der Waals surface area contributed by atoms with Crippen molar-refractivity contribution in [2.45, 2.75) is 19.4 Å². The van der Waals surface area contributed by atoms with E-state index in [9.17, 15) is 0 Å². The maximum Gasteiger partial charge on any atom is 0.232 e. The van der Waals surface area contributed by atoms with Gasteiger partial charge >= 0.3 is 0 Å². The number of halogens is 1. The SMILES string of the molecule is COc1nc(N2CCC(C)C(OC)C2)ncc1Br. The van der Waals surface area contributed by atoms with Crippen LogP contribution in [0.1, 0.15) is 13.3 Å². The normalized spacial score (nSPS) is 24.1. The average molecular weight is 316 g/mol.